The summed E-state index contributed by atoms with van der Waals surface area (Å²) in [5.41, 5.74) is 1.08. The SMILES string of the molecule is CCCCn1cc(C)nc1NC(C)CN(C)C. The Bertz CT molecular complexity index is 330. The van der Waals surface area contributed by atoms with E-state index in [1.165, 1.54) is 12.8 Å². The van der Waals surface area contributed by atoms with E-state index in [9.17, 15) is 0 Å². The fourth-order valence-corrected chi connectivity index (χ4v) is 1.97. The molecule has 1 heterocycles. The van der Waals surface area contributed by atoms with E-state index in [0.717, 1.165) is 24.7 Å². The number of nitrogens with zero attached hydrogens (tertiary/aromatic N) is 3. The van der Waals surface area contributed by atoms with Crippen LogP contribution in [0.3, 0.4) is 0 Å². The summed E-state index contributed by atoms with van der Waals surface area (Å²) in [6.07, 6.45) is 4.54. The maximum absolute atomic E-state index is 4.54. The van der Waals surface area contributed by atoms with Crippen molar-refractivity contribution in [1.29, 1.82) is 0 Å². The lowest BCUT2D eigenvalue weighted by atomic mass is 10.3. The van der Waals surface area contributed by atoms with Crippen molar-refractivity contribution in [3.8, 4) is 0 Å². The Balaban J connectivity index is 2.62. The Hall–Kier alpha value is -1.03. The highest BCUT2D eigenvalue weighted by Crippen LogP contribution is 2.11. The van der Waals surface area contributed by atoms with Crippen LogP contribution in [0.1, 0.15) is 32.4 Å². The van der Waals surface area contributed by atoms with Gasteiger partial charge in [-0.05, 0) is 34.4 Å². The van der Waals surface area contributed by atoms with Gasteiger partial charge in [0.2, 0.25) is 5.95 Å². The lowest BCUT2D eigenvalue weighted by Crippen LogP contribution is -2.30. The second kappa shape index (κ2) is 6.64. The van der Waals surface area contributed by atoms with Crippen LogP contribution in [0.4, 0.5) is 5.95 Å². The van der Waals surface area contributed by atoms with Crippen LogP contribution in [-0.2, 0) is 6.54 Å². The topological polar surface area (TPSA) is 33.1 Å². The smallest absolute Gasteiger partial charge is 0.203 e. The van der Waals surface area contributed by atoms with Crippen LogP contribution >= 0.6 is 0 Å². The molecular formula is C13H26N4. The van der Waals surface area contributed by atoms with Crippen molar-refractivity contribution in [2.24, 2.45) is 0 Å². The van der Waals surface area contributed by atoms with Crippen molar-refractivity contribution in [3.63, 3.8) is 0 Å². The number of nitrogens with one attached hydrogen (secondary N) is 1. The molecule has 1 aromatic rings. The molecule has 98 valence electrons. The number of aryl methyl sites for hydroxylation is 2. The summed E-state index contributed by atoms with van der Waals surface area (Å²) in [4.78, 5) is 6.73. The molecule has 0 aromatic carbocycles. The normalized spacial score (nSPS) is 13.1. The number of hydrogen-bond acceptors (Lipinski definition) is 3. The molecule has 4 nitrogen and oxygen atoms in total. The Labute approximate surface area is 105 Å². The van der Waals surface area contributed by atoms with Crippen molar-refractivity contribution in [2.75, 3.05) is 26.0 Å². The molecule has 0 fully saturated rings. The average Bonchev–Trinajstić information content (AvgIpc) is 2.54. The zero-order valence-corrected chi connectivity index (χ0v) is 11.8. The van der Waals surface area contributed by atoms with Crippen LogP contribution < -0.4 is 5.32 Å². The third-order valence-electron chi connectivity index (χ3n) is 2.66. The Morgan fingerprint density at radius 2 is 2.18 bits per heavy atom. The highest BCUT2D eigenvalue weighted by Gasteiger charge is 2.09. The first-order valence-corrected chi connectivity index (χ1v) is 6.48. The van der Waals surface area contributed by atoms with Crippen LogP contribution in [0.2, 0.25) is 0 Å². The van der Waals surface area contributed by atoms with Crippen molar-refractivity contribution in [2.45, 2.75) is 46.2 Å². The average molecular weight is 238 g/mol. The van der Waals surface area contributed by atoms with Gasteiger partial charge in [0, 0.05) is 25.3 Å². The Morgan fingerprint density at radius 1 is 1.47 bits per heavy atom. The summed E-state index contributed by atoms with van der Waals surface area (Å²) in [5.74, 6) is 1.00. The Morgan fingerprint density at radius 3 is 2.76 bits per heavy atom. The standard InChI is InChI=1S/C13H26N4/c1-6-7-8-17-10-12(3)15-13(17)14-11(2)9-16(4)5/h10-11H,6-9H2,1-5H3,(H,14,15). The van der Waals surface area contributed by atoms with Gasteiger partial charge < -0.3 is 14.8 Å². The van der Waals surface area contributed by atoms with Gasteiger partial charge in [0.05, 0.1) is 5.69 Å². The second-order valence-electron chi connectivity index (χ2n) is 5.06. The number of imidazole rings is 1. The quantitative estimate of drug-likeness (QED) is 0.791. The molecular weight excluding hydrogens is 212 g/mol. The molecule has 17 heavy (non-hydrogen) atoms. The number of likely N-dealkylation sites (N-methyl/N-ethyl adjacent to an activating group) is 1. The van der Waals surface area contributed by atoms with Crippen LogP contribution in [0, 0.1) is 6.92 Å². The van der Waals surface area contributed by atoms with Gasteiger partial charge in [0.25, 0.3) is 0 Å². The highest BCUT2D eigenvalue weighted by molar-refractivity contribution is 5.30. The molecule has 0 saturated heterocycles. The first-order valence-electron chi connectivity index (χ1n) is 6.48. The zero-order chi connectivity index (χ0) is 12.8. The molecule has 0 aliphatic carbocycles. The first-order chi connectivity index (χ1) is 8.02. The number of hydrogen-bond donors (Lipinski definition) is 1. The first kappa shape index (κ1) is 14.0. The maximum atomic E-state index is 4.54. The minimum absolute atomic E-state index is 0.409. The van der Waals surface area contributed by atoms with Gasteiger partial charge in [0.1, 0.15) is 0 Å². The van der Waals surface area contributed by atoms with E-state index in [4.69, 9.17) is 0 Å². The van der Waals surface area contributed by atoms with E-state index >= 15 is 0 Å². The molecule has 0 bridgehead atoms. The van der Waals surface area contributed by atoms with Crippen LogP contribution in [0.15, 0.2) is 6.20 Å². The summed E-state index contributed by atoms with van der Waals surface area (Å²) in [7, 11) is 4.18. The molecule has 0 spiro atoms. The Kier molecular flexibility index (Phi) is 5.48. The van der Waals surface area contributed by atoms with Crippen molar-refractivity contribution in [1.82, 2.24) is 14.5 Å². The van der Waals surface area contributed by atoms with Gasteiger partial charge in [-0.1, -0.05) is 13.3 Å². The molecule has 1 N–H and O–H groups in total. The van der Waals surface area contributed by atoms with Crippen molar-refractivity contribution < 1.29 is 0 Å². The van der Waals surface area contributed by atoms with E-state index in [2.05, 4.69) is 53.9 Å². The number of rotatable bonds is 7. The van der Waals surface area contributed by atoms with Gasteiger partial charge >= 0.3 is 0 Å². The largest absolute Gasteiger partial charge is 0.352 e. The predicted octanol–water partition coefficient (Wildman–Crippen LogP) is 2.35. The molecule has 0 aliphatic rings. The molecule has 1 aromatic heterocycles. The number of anilines is 1. The molecule has 1 atom stereocenters. The van der Waals surface area contributed by atoms with E-state index in [0.29, 0.717) is 6.04 Å². The summed E-state index contributed by atoms with van der Waals surface area (Å²) in [6, 6.07) is 0.409. The summed E-state index contributed by atoms with van der Waals surface area (Å²) in [6.45, 7) is 8.51. The van der Waals surface area contributed by atoms with Gasteiger partial charge in [-0.2, -0.15) is 0 Å². The summed E-state index contributed by atoms with van der Waals surface area (Å²) < 4.78 is 2.23. The minimum Gasteiger partial charge on any atom is -0.352 e. The molecule has 0 aliphatic heterocycles. The second-order valence-corrected chi connectivity index (χ2v) is 5.06. The third-order valence-corrected chi connectivity index (χ3v) is 2.66. The maximum Gasteiger partial charge on any atom is 0.203 e. The number of aromatic nitrogens is 2. The zero-order valence-electron chi connectivity index (χ0n) is 11.8. The molecule has 1 rings (SSSR count). The molecule has 1 unspecified atom stereocenters. The molecule has 0 amide bonds. The van der Waals surface area contributed by atoms with Crippen LogP contribution in [-0.4, -0.2) is 41.1 Å². The van der Waals surface area contributed by atoms with Gasteiger partial charge in [-0.15, -0.1) is 0 Å². The van der Waals surface area contributed by atoms with E-state index < -0.39 is 0 Å². The van der Waals surface area contributed by atoms with Crippen LogP contribution in [0.25, 0.3) is 0 Å². The third kappa shape index (κ3) is 4.77. The molecule has 0 radical (unpaired) electrons. The van der Waals surface area contributed by atoms with Crippen molar-refractivity contribution in [3.05, 3.63) is 11.9 Å². The van der Waals surface area contributed by atoms with Crippen LogP contribution in [0.5, 0.6) is 0 Å². The predicted molar refractivity (Wildman–Crippen MR) is 73.5 cm³/mol. The van der Waals surface area contributed by atoms with Gasteiger partial charge in [0.15, 0.2) is 0 Å². The van der Waals surface area contributed by atoms with Crippen molar-refractivity contribution >= 4 is 5.95 Å². The van der Waals surface area contributed by atoms with Gasteiger partial charge in [-0.3, -0.25) is 0 Å². The molecule has 0 saturated carbocycles. The number of unbranched alkanes of at least 4 members (excludes halogenated alkanes) is 1. The van der Waals surface area contributed by atoms with E-state index in [1.54, 1.807) is 0 Å². The monoisotopic (exact) mass is 238 g/mol. The summed E-state index contributed by atoms with van der Waals surface area (Å²) >= 11 is 0. The lowest BCUT2D eigenvalue weighted by molar-refractivity contribution is 0.391. The highest BCUT2D eigenvalue weighted by atomic mass is 15.2. The molecule has 4 heteroatoms. The van der Waals surface area contributed by atoms with E-state index in [1.807, 2.05) is 6.92 Å². The summed E-state index contributed by atoms with van der Waals surface area (Å²) in [5, 5.41) is 3.48. The minimum atomic E-state index is 0.409. The lowest BCUT2D eigenvalue weighted by Gasteiger charge is -2.19. The van der Waals surface area contributed by atoms with E-state index in [-0.39, 0.29) is 0 Å². The fourth-order valence-electron chi connectivity index (χ4n) is 1.97. The van der Waals surface area contributed by atoms with Gasteiger partial charge in [-0.25, -0.2) is 4.98 Å². The fraction of sp³-hybridized carbons (Fsp3) is 0.769.